The quantitative estimate of drug-likeness (QED) is 0.403. The molecule has 0 amide bonds. The highest BCUT2D eigenvalue weighted by molar-refractivity contribution is 6.74. The Hall–Kier alpha value is -1.40. The first kappa shape index (κ1) is 21.6. The first-order chi connectivity index (χ1) is 11.4. The summed E-state index contributed by atoms with van der Waals surface area (Å²) in [6, 6.07) is 1.39. The summed E-state index contributed by atoms with van der Waals surface area (Å²) in [7, 11) is -1.75. The number of Topliss-reactive ketones (excluding diaryl/α,β-unsaturated/α-hetero) is 1. The van der Waals surface area contributed by atoms with Gasteiger partial charge in [-0.3, -0.25) is 4.79 Å². The van der Waals surface area contributed by atoms with Gasteiger partial charge in [0.15, 0.2) is 14.1 Å². The Morgan fingerprint density at radius 1 is 1.36 bits per heavy atom. The average Bonchev–Trinajstić information content (AvgIpc) is 2.49. The van der Waals surface area contributed by atoms with Crippen LogP contribution in [0.4, 0.5) is 0 Å². The van der Waals surface area contributed by atoms with Gasteiger partial charge in [0, 0.05) is 25.0 Å². The smallest absolute Gasteiger partial charge is 0.350 e. The molecule has 0 aliphatic heterocycles. The highest BCUT2D eigenvalue weighted by Crippen LogP contribution is 2.36. The molecule has 0 aliphatic carbocycles. The lowest BCUT2D eigenvalue weighted by Crippen LogP contribution is -2.41. The van der Waals surface area contributed by atoms with Crippen LogP contribution in [0.1, 0.15) is 75.9 Å². The van der Waals surface area contributed by atoms with Crippen LogP contribution in [0.2, 0.25) is 18.1 Å². The maximum atomic E-state index is 12.0. The maximum Gasteiger partial charge on any atom is 0.350 e. The Morgan fingerprint density at radius 3 is 2.44 bits per heavy atom. The van der Waals surface area contributed by atoms with Gasteiger partial charge in [0.05, 0.1) is 0 Å². The molecule has 0 saturated heterocycles. The summed E-state index contributed by atoms with van der Waals surface area (Å²) >= 11 is 0. The molecular formula is C19H32O5Si. The molecule has 0 bridgehead atoms. The van der Waals surface area contributed by atoms with E-state index in [0.29, 0.717) is 12.4 Å². The summed E-state index contributed by atoms with van der Waals surface area (Å²) in [5.41, 5.74) is -1.01. The van der Waals surface area contributed by atoms with Crippen LogP contribution in [0.15, 0.2) is 15.3 Å². The minimum atomic E-state index is -1.75. The summed E-state index contributed by atoms with van der Waals surface area (Å²) < 4.78 is 11.4. The molecule has 0 spiro atoms. The van der Waals surface area contributed by atoms with Crippen molar-refractivity contribution in [3.05, 3.63) is 27.8 Å². The molecule has 0 radical (unpaired) electrons. The van der Waals surface area contributed by atoms with Crippen LogP contribution >= 0.6 is 0 Å². The number of rotatable bonds is 8. The SMILES string of the molecule is CCC(=O)c1c(O)cc([C@H](C)CCCO[Si](C)(C)C(C)(C)C)oc1=O. The molecule has 0 aromatic carbocycles. The molecule has 142 valence electrons. The Labute approximate surface area is 151 Å². The molecule has 1 aromatic rings. The van der Waals surface area contributed by atoms with Gasteiger partial charge in [-0.1, -0.05) is 34.6 Å². The van der Waals surface area contributed by atoms with E-state index in [4.69, 9.17) is 8.84 Å². The lowest BCUT2D eigenvalue weighted by Gasteiger charge is -2.36. The van der Waals surface area contributed by atoms with E-state index in [0.717, 1.165) is 12.8 Å². The van der Waals surface area contributed by atoms with E-state index >= 15 is 0 Å². The van der Waals surface area contributed by atoms with Gasteiger partial charge < -0.3 is 13.9 Å². The monoisotopic (exact) mass is 368 g/mol. The zero-order valence-corrected chi connectivity index (χ0v) is 17.6. The first-order valence-electron chi connectivity index (χ1n) is 8.95. The Morgan fingerprint density at radius 2 is 1.96 bits per heavy atom. The predicted octanol–water partition coefficient (Wildman–Crippen LogP) is 4.84. The van der Waals surface area contributed by atoms with Crippen molar-refractivity contribution in [3.63, 3.8) is 0 Å². The van der Waals surface area contributed by atoms with Crippen LogP contribution in [0.3, 0.4) is 0 Å². The second-order valence-electron chi connectivity index (χ2n) is 8.13. The van der Waals surface area contributed by atoms with Gasteiger partial charge in [0.2, 0.25) is 0 Å². The summed E-state index contributed by atoms with van der Waals surface area (Å²) in [5.74, 6) is -0.328. The van der Waals surface area contributed by atoms with E-state index in [-0.39, 0.29) is 28.7 Å². The number of carbonyl (C=O) groups excluding carboxylic acids is 1. The highest BCUT2D eigenvalue weighted by Gasteiger charge is 2.36. The van der Waals surface area contributed by atoms with E-state index in [1.165, 1.54) is 6.07 Å². The summed E-state index contributed by atoms with van der Waals surface area (Å²) in [6.45, 7) is 15.3. The zero-order valence-electron chi connectivity index (χ0n) is 16.6. The third-order valence-electron chi connectivity index (χ3n) is 5.09. The molecule has 1 N–H and O–H groups in total. The molecule has 0 aliphatic rings. The topological polar surface area (TPSA) is 76.7 Å². The fourth-order valence-electron chi connectivity index (χ4n) is 2.25. The van der Waals surface area contributed by atoms with Gasteiger partial charge in [-0.2, -0.15) is 0 Å². The largest absolute Gasteiger partial charge is 0.507 e. The Balaban J connectivity index is 2.69. The molecule has 0 unspecified atom stereocenters. The van der Waals surface area contributed by atoms with E-state index in [9.17, 15) is 14.7 Å². The van der Waals surface area contributed by atoms with E-state index in [2.05, 4.69) is 33.9 Å². The molecule has 1 heterocycles. The third-order valence-corrected chi connectivity index (χ3v) is 9.62. The van der Waals surface area contributed by atoms with Gasteiger partial charge >= 0.3 is 5.63 Å². The van der Waals surface area contributed by atoms with E-state index in [1.54, 1.807) is 6.92 Å². The Kier molecular flexibility index (Phi) is 7.20. The molecule has 1 atom stereocenters. The number of aromatic hydroxyl groups is 1. The minimum Gasteiger partial charge on any atom is -0.507 e. The van der Waals surface area contributed by atoms with Gasteiger partial charge in [-0.15, -0.1) is 0 Å². The lowest BCUT2D eigenvalue weighted by molar-refractivity contribution is 0.0980. The maximum absolute atomic E-state index is 12.0. The van der Waals surface area contributed by atoms with Crippen molar-refractivity contribution in [1.82, 2.24) is 0 Å². The van der Waals surface area contributed by atoms with Crippen molar-refractivity contribution < 1.29 is 18.7 Å². The second kappa shape index (κ2) is 8.32. The standard InChI is InChI=1S/C19H32O5Si/c1-8-14(20)17-15(21)12-16(24-18(17)22)13(2)10-9-11-23-25(6,7)19(3,4)5/h12-13,21H,8-11H2,1-7H3/t13-/m1/s1. The summed E-state index contributed by atoms with van der Waals surface area (Å²) in [4.78, 5) is 23.7. The predicted molar refractivity (Wildman–Crippen MR) is 102 cm³/mol. The molecule has 1 aromatic heterocycles. The normalized spacial score (nSPS) is 13.7. The second-order valence-corrected chi connectivity index (χ2v) is 12.9. The van der Waals surface area contributed by atoms with Crippen molar-refractivity contribution in [3.8, 4) is 5.75 Å². The van der Waals surface area contributed by atoms with Gasteiger partial charge in [-0.05, 0) is 31.0 Å². The van der Waals surface area contributed by atoms with Crippen LogP contribution < -0.4 is 5.63 Å². The Bertz CT molecular complexity index is 655. The molecule has 6 heteroatoms. The van der Waals surface area contributed by atoms with E-state index < -0.39 is 19.7 Å². The van der Waals surface area contributed by atoms with Crippen molar-refractivity contribution in [2.75, 3.05) is 6.61 Å². The molecule has 0 saturated carbocycles. The number of carbonyl (C=O) groups is 1. The van der Waals surface area contributed by atoms with Crippen LogP contribution in [-0.4, -0.2) is 25.8 Å². The third kappa shape index (κ3) is 5.54. The first-order valence-corrected chi connectivity index (χ1v) is 11.9. The molecule has 25 heavy (non-hydrogen) atoms. The fourth-order valence-corrected chi connectivity index (χ4v) is 3.34. The van der Waals surface area contributed by atoms with Crippen molar-refractivity contribution in [1.29, 1.82) is 0 Å². The van der Waals surface area contributed by atoms with Gasteiger partial charge in [-0.25, -0.2) is 4.79 Å². The van der Waals surface area contributed by atoms with Gasteiger partial charge in [0.25, 0.3) is 0 Å². The van der Waals surface area contributed by atoms with Gasteiger partial charge in [0.1, 0.15) is 17.1 Å². The number of ketones is 1. The zero-order chi connectivity index (χ0) is 19.4. The van der Waals surface area contributed by atoms with Crippen LogP contribution in [0, 0.1) is 0 Å². The number of hydrogen-bond acceptors (Lipinski definition) is 5. The molecule has 0 fully saturated rings. The fraction of sp³-hybridized carbons (Fsp3) is 0.684. The van der Waals surface area contributed by atoms with Crippen molar-refractivity contribution in [2.45, 2.75) is 77.9 Å². The van der Waals surface area contributed by atoms with Crippen LogP contribution in [0.5, 0.6) is 5.75 Å². The lowest BCUT2D eigenvalue weighted by atomic mass is 10.0. The number of hydrogen-bond donors (Lipinski definition) is 1. The van der Waals surface area contributed by atoms with Crippen molar-refractivity contribution >= 4 is 14.1 Å². The molecule has 5 nitrogen and oxygen atoms in total. The minimum absolute atomic E-state index is 0.0348. The van der Waals surface area contributed by atoms with Crippen LogP contribution in [0.25, 0.3) is 0 Å². The van der Waals surface area contributed by atoms with Crippen LogP contribution in [-0.2, 0) is 4.43 Å². The highest BCUT2D eigenvalue weighted by atomic mass is 28.4. The summed E-state index contributed by atoms with van der Waals surface area (Å²) in [6.07, 6.45) is 1.77. The van der Waals surface area contributed by atoms with E-state index in [1.807, 2.05) is 6.92 Å². The molecule has 1 rings (SSSR count). The molecular weight excluding hydrogens is 336 g/mol. The van der Waals surface area contributed by atoms with Crippen molar-refractivity contribution in [2.24, 2.45) is 0 Å². The summed E-state index contributed by atoms with van der Waals surface area (Å²) in [5, 5.41) is 10.2. The average molecular weight is 369 g/mol.